The molecule has 0 unspecified atom stereocenters. The first-order valence-electron chi connectivity index (χ1n) is 9.75. The van der Waals surface area contributed by atoms with E-state index in [-0.39, 0.29) is 24.0 Å². The van der Waals surface area contributed by atoms with Crippen molar-refractivity contribution in [3.05, 3.63) is 48.3 Å². The molecule has 1 aromatic heterocycles. The minimum atomic E-state index is 0. The Balaban J connectivity index is 0.00000210. The van der Waals surface area contributed by atoms with Crippen LogP contribution < -0.4 is 5.32 Å². The second-order valence-electron chi connectivity index (χ2n) is 7.75. The minimum absolute atomic E-state index is 0. The molecule has 2 aromatic rings. The number of aromatic nitrogens is 2. The average Bonchev–Trinajstić information content (AvgIpc) is 3.59. The molecule has 2 fully saturated rings. The fraction of sp³-hybridized carbons (Fsp3) is 0.524. The molecule has 5 nitrogen and oxygen atoms in total. The molecule has 27 heavy (non-hydrogen) atoms. The van der Waals surface area contributed by atoms with Gasteiger partial charge in [0.15, 0.2) is 5.96 Å². The lowest BCUT2D eigenvalue weighted by molar-refractivity contribution is 0.387. The Kier molecular flexibility index (Phi) is 6.78. The molecule has 0 spiro atoms. The number of guanidine groups is 1. The number of nitrogens with zero attached hydrogens (tertiary/aromatic N) is 4. The van der Waals surface area contributed by atoms with Crippen molar-refractivity contribution >= 4 is 29.9 Å². The number of aliphatic imine (C=N–C) groups is 1. The molecule has 2 aliphatic carbocycles. The van der Waals surface area contributed by atoms with Gasteiger partial charge in [0, 0.05) is 38.9 Å². The van der Waals surface area contributed by atoms with Crippen molar-refractivity contribution in [2.75, 3.05) is 20.6 Å². The Morgan fingerprint density at radius 2 is 1.89 bits per heavy atom. The highest BCUT2D eigenvalue weighted by Crippen LogP contribution is 2.48. The first-order chi connectivity index (χ1) is 12.7. The highest BCUT2D eigenvalue weighted by molar-refractivity contribution is 14.0. The van der Waals surface area contributed by atoms with Crippen LogP contribution in [0.15, 0.2) is 47.7 Å². The monoisotopic (exact) mass is 479 g/mol. The maximum Gasteiger partial charge on any atom is 0.193 e. The molecule has 0 radical (unpaired) electrons. The maximum atomic E-state index is 4.49. The minimum Gasteiger partial charge on any atom is -0.356 e. The third kappa shape index (κ3) is 5.24. The van der Waals surface area contributed by atoms with Gasteiger partial charge in [-0.1, -0.05) is 18.2 Å². The third-order valence-corrected chi connectivity index (χ3v) is 5.60. The van der Waals surface area contributed by atoms with Crippen LogP contribution in [-0.2, 0) is 6.54 Å². The fourth-order valence-corrected chi connectivity index (χ4v) is 3.87. The molecule has 1 aromatic carbocycles. The number of hydrogen-bond donors (Lipinski definition) is 1. The predicted molar refractivity (Wildman–Crippen MR) is 121 cm³/mol. The van der Waals surface area contributed by atoms with Gasteiger partial charge in [-0.05, 0) is 55.6 Å². The molecule has 146 valence electrons. The molecular weight excluding hydrogens is 449 g/mol. The predicted octanol–water partition coefficient (Wildman–Crippen LogP) is 3.93. The molecule has 0 aliphatic heterocycles. The van der Waals surface area contributed by atoms with Crippen LogP contribution in [-0.4, -0.2) is 41.3 Å². The largest absolute Gasteiger partial charge is 0.356 e. The van der Waals surface area contributed by atoms with Gasteiger partial charge in [0.25, 0.3) is 0 Å². The number of rotatable bonds is 7. The van der Waals surface area contributed by atoms with Crippen molar-refractivity contribution in [1.29, 1.82) is 0 Å². The van der Waals surface area contributed by atoms with Gasteiger partial charge in [0.2, 0.25) is 0 Å². The zero-order chi connectivity index (χ0) is 17.9. The number of hydrogen-bond acceptors (Lipinski definition) is 2. The first-order valence-corrected chi connectivity index (χ1v) is 9.75. The molecule has 0 amide bonds. The quantitative estimate of drug-likeness (QED) is 0.372. The van der Waals surface area contributed by atoms with E-state index in [1.807, 2.05) is 36.1 Å². The van der Waals surface area contributed by atoms with Crippen molar-refractivity contribution in [1.82, 2.24) is 20.0 Å². The summed E-state index contributed by atoms with van der Waals surface area (Å²) in [5.41, 5.74) is 2.26. The van der Waals surface area contributed by atoms with E-state index >= 15 is 0 Å². The lowest BCUT2D eigenvalue weighted by Gasteiger charge is -2.24. The summed E-state index contributed by atoms with van der Waals surface area (Å²) in [6.07, 6.45) is 9.74. The Labute approximate surface area is 179 Å². The second kappa shape index (κ2) is 9.08. The van der Waals surface area contributed by atoms with Crippen molar-refractivity contribution in [2.24, 2.45) is 22.7 Å². The molecular formula is C21H30IN5. The van der Waals surface area contributed by atoms with Crippen LogP contribution >= 0.6 is 24.0 Å². The lowest BCUT2D eigenvalue weighted by atomic mass is 9.98. The van der Waals surface area contributed by atoms with Gasteiger partial charge in [0.05, 0.1) is 11.9 Å². The average molecular weight is 479 g/mol. The van der Waals surface area contributed by atoms with Gasteiger partial charge < -0.3 is 10.2 Å². The zero-order valence-corrected chi connectivity index (χ0v) is 18.5. The van der Waals surface area contributed by atoms with E-state index in [2.05, 4.69) is 45.7 Å². The van der Waals surface area contributed by atoms with Crippen LogP contribution in [0.25, 0.3) is 5.69 Å². The van der Waals surface area contributed by atoms with E-state index in [0.29, 0.717) is 0 Å². The first kappa shape index (κ1) is 20.2. The SMILES string of the molecule is CN=C(NCC(C1CC1)C1CC1)N(C)Cc1cnn(-c2ccccc2)c1.I. The van der Waals surface area contributed by atoms with Crippen LogP contribution in [0.2, 0.25) is 0 Å². The Morgan fingerprint density at radius 3 is 2.48 bits per heavy atom. The lowest BCUT2D eigenvalue weighted by Crippen LogP contribution is -2.41. The Bertz CT molecular complexity index is 737. The van der Waals surface area contributed by atoms with Gasteiger partial charge in [-0.3, -0.25) is 4.99 Å². The molecule has 4 rings (SSSR count). The van der Waals surface area contributed by atoms with Crippen LogP contribution in [0.3, 0.4) is 0 Å². The molecule has 2 saturated carbocycles. The van der Waals surface area contributed by atoms with E-state index in [1.165, 1.54) is 31.2 Å². The highest BCUT2D eigenvalue weighted by Gasteiger charge is 2.41. The molecule has 1 N–H and O–H groups in total. The van der Waals surface area contributed by atoms with Gasteiger partial charge in [-0.25, -0.2) is 4.68 Å². The molecule has 1 heterocycles. The van der Waals surface area contributed by atoms with E-state index < -0.39 is 0 Å². The summed E-state index contributed by atoms with van der Waals surface area (Å²) in [5.74, 6) is 3.75. The summed E-state index contributed by atoms with van der Waals surface area (Å²) in [4.78, 5) is 6.67. The van der Waals surface area contributed by atoms with Gasteiger partial charge in [-0.15, -0.1) is 24.0 Å². The van der Waals surface area contributed by atoms with Crippen molar-refractivity contribution in [3.63, 3.8) is 0 Å². The molecule has 0 saturated heterocycles. The summed E-state index contributed by atoms with van der Waals surface area (Å²) < 4.78 is 1.93. The summed E-state index contributed by atoms with van der Waals surface area (Å²) in [6, 6.07) is 10.2. The van der Waals surface area contributed by atoms with E-state index in [1.54, 1.807) is 0 Å². The van der Waals surface area contributed by atoms with Crippen LogP contribution in [0, 0.1) is 17.8 Å². The number of benzene rings is 1. The normalized spacial score (nSPS) is 16.9. The van der Waals surface area contributed by atoms with Gasteiger partial charge in [-0.2, -0.15) is 5.10 Å². The van der Waals surface area contributed by atoms with Crippen LogP contribution in [0.1, 0.15) is 31.2 Å². The van der Waals surface area contributed by atoms with Crippen molar-refractivity contribution in [3.8, 4) is 5.69 Å². The van der Waals surface area contributed by atoms with Gasteiger partial charge in [0.1, 0.15) is 0 Å². The second-order valence-corrected chi connectivity index (χ2v) is 7.75. The van der Waals surface area contributed by atoms with Gasteiger partial charge >= 0.3 is 0 Å². The Hall–Kier alpha value is -1.57. The van der Waals surface area contributed by atoms with E-state index in [9.17, 15) is 0 Å². The van der Waals surface area contributed by atoms with E-state index in [0.717, 1.165) is 42.5 Å². The molecule has 0 bridgehead atoms. The third-order valence-electron chi connectivity index (χ3n) is 5.60. The molecule has 0 atom stereocenters. The van der Waals surface area contributed by atoms with Crippen LogP contribution in [0.4, 0.5) is 0 Å². The smallest absolute Gasteiger partial charge is 0.193 e. The standard InChI is InChI=1S/C21H29N5.HI/c1-22-21(23-13-20(17-8-9-17)18-10-11-18)25(2)14-16-12-24-26(15-16)19-6-4-3-5-7-19;/h3-7,12,15,17-18,20H,8-11,13-14H2,1-2H3,(H,22,23);1H. The van der Waals surface area contributed by atoms with E-state index in [4.69, 9.17) is 0 Å². The summed E-state index contributed by atoms with van der Waals surface area (Å²) >= 11 is 0. The Morgan fingerprint density at radius 1 is 1.22 bits per heavy atom. The van der Waals surface area contributed by atoms with Crippen LogP contribution in [0.5, 0.6) is 0 Å². The molecule has 2 aliphatic rings. The van der Waals surface area contributed by atoms with Crippen molar-refractivity contribution < 1.29 is 0 Å². The zero-order valence-electron chi connectivity index (χ0n) is 16.2. The number of para-hydroxylation sites is 1. The fourth-order valence-electron chi connectivity index (χ4n) is 3.87. The maximum absolute atomic E-state index is 4.49. The summed E-state index contributed by atoms with van der Waals surface area (Å²) in [7, 11) is 3.97. The topological polar surface area (TPSA) is 45.5 Å². The summed E-state index contributed by atoms with van der Waals surface area (Å²) in [6.45, 7) is 1.86. The highest BCUT2D eigenvalue weighted by atomic mass is 127. The molecule has 6 heteroatoms. The summed E-state index contributed by atoms with van der Waals surface area (Å²) in [5, 5.41) is 8.11. The van der Waals surface area contributed by atoms with Crippen molar-refractivity contribution in [2.45, 2.75) is 32.2 Å². The number of halogens is 1. The number of nitrogens with one attached hydrogen (secondary N) is 1.